The van der Waals surface area contributed by atoms with Gasteiger partial charge in [-0.2, -0.15) is 0 Å². The van der Waals surface area contributed by atoms with Gasteiger partial charge in [-0.15, -0.1) is 0 Å². The number of hydrogen-bond acceptors (Lipinski definition) is 6. The lowest BCUT2D eigenvalue weighted by molar-refractivity contribution is -0.167. The van der Waals surface area contributed by atoms with Gasteiger partial charge in [-0.3, -0.25) is 14.4 Å². The molecule has 0 spiro atoms. The third-order valence-corrected chi connectivity index (χ3v) is 12.1. The molecule has 0 bridgehead atoms. The van der Waals surface area contributed by atoms with Crippen molar-refractivity contribution in [3.05, 3.63) is 48.6 Å². The minimum atomic E-state index is -0.777. The Balaban J connectivity index is 4.35. The average molecular weight is 897 g/mol. The summed E-state index contributed by atoms with van der Waals surface area (Å²) in [5.41, 5.74) is 0. The van der Waals surface area contributed by atoms with E-state index in [1.807, 2.05) is 0 Å². The molecule has 6 heteroatoms. The Labute approximate surface area is 397 Å². The summed E-state index contributed by atoms with van der Waals surface area (Å²) in [7, 11) is 0. The van der Waals surface area contributed by atoms with Gasteiger partial charge in [-0.25, -0.2) is 0 Å². The molecule has 0 radical (unpaired) electrons. The van der Waals surface area contributed by atoms with Crippen LogP contribution in [0.15, 0.2) is 48.6 Å². The monoisotopic (exact) mass is 897 g/mol. The summed E-state index contributed by atoms with van der Waals surface area (Å²) in [6.45, 7) is 6.52. The molecule has 64 heavy (non-hydrogen) atoms. The van der Waals surface area contributed by atoms with Gasteiger partial charge >= 0.3 is 17.9 Å². The highest BCUT2D eigenvalue weighted by atomic mass is 16.6. The van der Waals surface area contributed by atoms with Gasteiger partial charge in [0.05, 0.1) is 0 Å². The summed E-state index contributed by atoms with van der Waals surface area (Å²) in [6, 6.07) is 0. The molecule has 0 aromatic heterocycles. The fourth-order valence-corrected chi connectivity index (χ4v) is 7.92. The molecule has 0 aromatic carbocycles. The molecule has 0 aliphatic carbocycles. The van der Waals surface area contributed by atoms with Crippen LogP contribution in [-0.2, 0) is 28.6 Å². The molecule has 0 rings (SSSR count). The fraction of sp³-hybridized carbons (Fsp3) is 0.810. The third kappa shape index (κ3) is 50.4. The smallest absolute Gasteiger partial charge is 0.306 e. The standard InChI is InChI=1S/C58H104O6/c1-4-7-10-13-16-19-22-25-27-29-31-33-36-39-42-45-48-51-57(60)63-54-55(53-62-56(59)50-47-44-41-38-35-24-21-18-15-12-9-6-3)64-58(61)52-49-46-43-40-37-34-32-30-28-26-23-20-17-14-11-8-5-2/h7,10,16,18-19,21,25,27,55H,4-6,8-9,11-15,17,20,22-24,26,28-54H2,1-3H3/b10-7-,19-16-,21-18-,27-25-. The molecule has 1 unspecified atom stereocenters. The van der Waals surface area contributed by atoms with E-state index < -0.39 is 6.10 Å². The number of hydrogen-bond donors (Lipinski definition) is 0. The van der Waals surface area contributed by atoms with Crippen molar-refractivity contribution in [3.63, 3.8) is 0 Å². The van der Waals surface area contributed by atoms with Crippen LogP contribution in [0.3, 0.4) is 0 Å². The van der Waals surface area contributed by atoms with E-state index in [4.69, 9.17) is 14.2 Å². The van der Waals surface area contributed by atoms with Crippen molar-refractivity contribution in [1.29, 1.82) is 0 Å². The number of rotatable bonds is 50. The third-order valence-electron chi connectivity index (χ3n) is 12.1. The molecule has 0 aliphatic heterocycles. The van der Waals surface area contributed by atoms with E-state index in [0.29, 0.717) is 19.3 Å². The topological polar surface area (TPSA) is 78.9 Å². The predicted octanol–water partition coefficient (Wildman–Crippen LogP) is 18.3. The molecule has 0 saturated heterocycles. The number of carbonyl (C=O) groups is 3. The Morgan fingerprint density at radius 1 is 0.328 bits per heavy atom. The fourth-order valence-electron chi connectivity index (χ4n) is 7.92. The number of unbranched alkanes of at least 4 members (excludes halogenated alkanes) is 31. The Kier molecular flexibility index (Phi) is 50.8. The van der Waals surface area contributed by atoms with Crippen LogP contribution in [0.4, 0.5) is 0 Å². The number of allylic oxidation sites excluding steroid dienone is 8. The zero-order chi connectivity index (χ0) is 46.5. The molecule has 1 atom stereocenters. The van der Waals surface area contributed by atoms with Crippen molar-refractivity contribution in [2.45, 2.75) is 290 Å². The summed E-state index contributed by atoms with van der Waals surface area (Å²) in [5, 5.41) is 0. The van der Waals surface area contributed by atoms with Crippen LogP contribution >= 0.6 is 0 Å². The summed E-state index contributed by atoms with van der Waals surface area (Å²) >= 11 is 0. The molecular weight excluding hydrogens is 793 g/mol. The van der Waals surface area contributed by atoms with Crippen molar-refractivity contribution in [3.8, 4) is 0 Å². The molecule has 0 aliphatic rings. The summed E-state index contributed by atoms with van der Waals surface area (Å²) in [6.07, 6.45) is 63.8. The quantitative estimate of drug-likeness (QED) is 0.0262. The van der Waals surface area contributed by atoms with Crippen LogP contribution < -0.4 is 0 Å². The second-order valence-electron chi connectivity index (χ2n) is 18.5. The van der Waals surface area contributed by atoms with Gasteiger partial charge in [0.1, 0.15) is 13.2 Å². The van der Waals surface area contributed by atoms with E-state index in [2.05, 4.69) is 69.4 Å². The summed E-state index contributed by atoms with van der Waals surface area (Å²) in [5.74, 6) is -0.884. The number of carbonyl (C=O) groups excluding carboxylic acids is 3. The van der Waals surface area contributed by atoms with E-state index in [1.165, 1.54) is 154 Å². The minimum Gasteiger partial charge on any atom is -0.462 e. The van der Waals surface area contributed by atoms with E-state index >= 15 is 0 Å². The Morgan fingerprint density at radius 2 is 0.609 bits per heavy atom. The van der Waals surface area contributed by atoms with Crippen LogP contribution in [0.2, 0.25) is 0 Å². The van der Waals surface area contributed by atoms with Crippen LogP contribution in [0.5, 0.6) is 0 Å². The van der Waals surface area contributed by atoms with Gasteiger partial charge in [0.2, 0.25) is 0 Å². The second-order valence-corrected chi connectivity index (χ2v) is 18.5. The predicted molar refractivity (Wildman–Crippen MR) is 275 cm³/mol. The minimum absolute atomic E-state index is 0.0781. The Morgan fingerprint density at radius 3 is 1.00 bits per heavy atom. The number of ether oxygens (including phenoxy) is 3. The first kappa shape index (κ1) is 61.4. The van der Waals surface area contributed by atoms with Crippen LogP contribution in [0.25, 0.3) is 0 Å². The van der Waals surface area contributed by atoms with Crippen molar-refractivity contribution in [2.24, 2.45) is 0 Å². The lowest BCUT2D eigenvalue weighted by Gasteiger charge is -2.18. The molecule has 0 amide bonds. The van der Waals surface area contributed by atoms with Gasteiger partial charge in [-0.05, 0) is 77.0 Å². The van der Waals surface area contributed by atoms with Gasteiger partial charge in [0.15, 0.2) is 6.10 Å². The highest BCUT2D eigenvalue weighted by Gasteiger charge is 2.19. The Bertz CT molecular complexity index is 1120. The summed E-state index contributed by atoms with van der Waals surface area (Å²) < 4.78 is 16.8. The van der Waals surface area contributed by atoms with Gasteiger partial charge in [0.25, 0.3) is 0 Å². The SMILES string of the molecule is CC/C=C\C/C=C\C/C=C\CCCCCCCCCC(=O)OCC(COC(=O)CCCCCCC/C=C\CCCCC)OC(=O)CCCCCCCCCCCCCCCCCCC. The molecule has 6 nitrogen and oxygen atoms in total. The zero-order valence-corrected chi connectivity index (χ0v) is 42.6. The molecule has 0 saturated carbocycles. The first-order chi connectivity index (χ1) is 31.5. The first-order valence-electron chi connectivity index (χ1n) is 27.6. The van der Waals surface area contributed by atoms with Crippen molar-refractivity contribution in [1.82, 2.24) is 0 Å². The van der Waals surface area contributed by atoms with E-state index in [9.17, 15) is 14.4 Å². The Hall–Kier alpha value is -2.63. The first-order valence-corrected chi connectivity index (χ1v) is 27.6. The molecule has 0 fully saturated rings. The maximum atomic E-state index is 12.8. The van der Waals surface area contributed by atoms with Crippen LogP contribution in [0.1, 0.15) is 284 Å². The van der Waals surface area contributed by atoms with Crippen LogP contribution in [-0.4, -0.2) is 37.2 Å². The van der Waals surface area contributed by atoms with Gasteiger partial charge < -0.3 is 14.2 Å². The van der Waals surface area contributed by atoms with E-state index in [1.54, 1.807) is 0 Å². The zero-order valence-electron chi connectivity index (χ0n) is 42.6. The maximum absolute atomic E-state index is 12.8. The molecule has 0 aromatic rings. The lowest BCUT2D eigenvalue weighted by Crippen LogP contribution is -2.30. The molecule has 372 valence electrons. The highest BCUT2D eigenvalue weighted by Crippen LogP contribution is 2.16. The number of esters is 3. The van der Waals surface area contributed by atoms with Gasteiger partial charge in [0, 0.05) is 19.3 Å². The molecule has 0 N–H and O–H groups in total. The average Bonchev–Trinajstić information content (AvgIpc) is 3.29. The summed E-state index contributed by atoms with van der Waals surface area (Å²) in [4.78, 5) is 38.1. The normalized spacial score (nSPS) is 12.4. The van der Waals surface area contributed by atoms with E-state index in [-0.39, 0.29) is 31.1 Å². The van der Waals surface area contributed by atoms with Crippen molar-refractivity contribution >= 4 is 17.9 Å². The van der Waals surface area contributed by atoms with Gasteiger partial charge in [-0.1, -0.05) is 236 Å². The highest BCUT2D eigenvalue weighted by molar-refractivity contribution is 5.71. The molecule has 0 heterocycles. The maximum Gasteiger partial charge on any atom is 0.306 e. The van der Waals surface area contributed by atoms with Crippen molar-refractivity contribution < 1.29 is 28.6 Å². The van der Waals surface area contributed by atoms with E-state index in [0.717, 1.165) is 89.9 Å². The van der Waals surface area contributed by atoms with Crippen molar-refractivity contribution in [2.75, 3.05) is 13.2 Å². The largest absolute Gasteiger partial charge is 0.462 e. The lowest BCUT2D eigenvalue weighted by atomic mass is 10.0. The second kappa shape index (κ2) is 53.0. The van der Waals surface area contributed by atoms with Crippen LogP contribution in [0, 0.1) is 0 Å². The molecular formula is C58H104O6.